The molecule has 1 heterocycles. The zero-order valence-electron chi connectivity index (χ0n) is 5.55. The minimum absolute atomic E-state index is 0. The minimum atomic E-state index is 0. The molecule has 1 aromatic heterocycles. The van der Waals surface area contributed by atoms with Crippen LogP contribution < -0.4 is 0 Å². The third kappa shape index (κ3) is 2.50. The van der Waals surface area contributed by atoms with Crippen molar-refractivity contribution in [1.82, 2.24) is 10.2 Å². The second-order valence-corrected chi connectivity index (χ2v) is 1.74. The van der Waals surface area contributed by atoms with Gasteiger partial charge in [-0.2, -0.15) is 10.7 Å². The van der Waals surface area contributed by atoms with Crippen molar-refractivity contribution >= 4 is 0 Å². The number of hydrogen-bond donors (Lipinski definition) is 0. The van der Waals surface area contributed by atoms with Gasteiger partial charge in [0.1, 0.15) is 0 Å². The maximum Gasteiger partial charge on any atom is 0 e. The van der Waals surface area contributed by atoms with Crippen LogP contribution in [-0.4, -0.2) is 10.2 Å². The number of hydrogen-bond acceptors (Lipinski definition) is 2. The molecule has 1 aromatic rings. The van der Waals surface area contributed by atoms with Gasteiger partial charge in [-0.25, -0.2) is 6.07 Å². The van der Waals surface area contributed by atoms with Gasteiger partial charge in [-0.1, -0.05) is 0 Å². The molecule has 0 N–H and O–H groups in total. The fraction of sp³-hybridized carbons (Fsp3) is 0.333. The van der Waals surface area contributed by atoms with Gasteiger partial charge in [0.2, 0.25) is 0 Å². The molecular weight excluding hydrogens is 189 g/mol. The van der Waals surface area contributed by atoms with Crippen LogP contribution in [0, 0.1) is 20.0 Å². The summed E-state index contributed by atoms with van der Waals surface area (Å²) >= 11 is 0. The molecule has 0 bridgehead atoms. The van der Waals surface area contributed by atoms with Crippen LogP contribution in [0.2, 0.25) is 0 Å². The summed E-state index contributed by atoms with van der Waals surface area (Å²) in [6, 6.07) is 1.82. The van der Waals surface area contributed by atoms with Gasteiger partial charge in [-0.15, -0.1) is 13.1 Å². The predicted octanol–water partition coefficient (Wildman–Crippen LogP) is 0.891. The van der Waals surface area contributed by atoms with E-state index in [0.717, 1.165) is 11.3 Å². The molecule has 0 spiro atoms. The number of rotatable bonds is 0. The van der Waals surface area contributed by atoms with Gasteiger partial charge in [0.05, 0.1) is 0 Å². The molecule has 1 rings (SSSR count). The summed E-state index contributed by atoms with van der Waals surface area (Å²) in [5, 5.41) is 7.34. The summed E-state index contributed by atoms with van der Waals surface area (Å²) in [5.74, 6) is 0. The molecule has 0 aliphatic heterocycles. The molecule has 1 radical (unpaired) electrons. The van der Waals surface area contributed by atoms with Crippen LogP contribution >= 0.6 is 0 Å². The van der Waals surface area contributed by atoms with Crippen molar-refractivity contribution in [2.45, 2.75) is 13.8 Å². The van der Waals surface area contributed by atoms with Crippen molar-refractivity contribution < 1.29 is 32.7 Å². The summed E-state index contributed by atoms with van der Waals surface area (Å²) in [5.41, 5.74) is 2.11. The Labute approximate surface area is 80.0 Å². The quantitative estimate of drug-likeness (QED) is 0.576. The Hall–Kier alpha value is 0.184. The van der Waals surface area contributed by atoms with Crippen molar-refractivity contribution in [2.75, 3.05) is 0 Å². The summed E-state index contributed by atoms with van der Waals surface area (Å²) in [6.07, 6.45) is 2.64. The van der Waals surface area contributed by atoms with Crippen LogP contribution in [-0.2, 0) is 32.7 Å². The first-order valence-corrected chi connectivity index (χ1v) is 2.47. The summed E-state index contributed by atoms with van der Waals surface area (Å²) in [7, 11) is 0. The zero-order valence-corrected chi connectivity index (χ0v) is 8.39. The summed E-state index contributed by atoms with van der Waals surface area (Å²) < 4.78 is 0. The van der Waals surface area contributed by atoms with Gasteiger partial charge >= 0.3 is 0 Å². The second-order valence-electron chi connectivity index (χ2n) is 1.74. The third-order valence-corrected chi connectivity index (χ3v) is 1.11. The van der Waals surface area contributed by atoms with Crippen molar-refractivity contribution in [3.8, 4) is 0 Å². The van der Waals surface area contributed by atoms with Crippen LogP contribution in [0.5, 0.6) is 0 Å². The van der Waals surface area contributed by atoms with Gasteiger partial charge in [-0.05, 0) is 12.6 Å². The maximum absolute atomic E-state index is 3.77. The second kappa shape index (κ2) is 4.07. The molecule has 0 aliphatic rings. The topological polar surface area (TPSA) is 25.8 Å². The van der Waals surface area contributed by atoms with Crippen LogP contribution in [0.25, 0.3) is 0 Å². The third-order valence-electron chi connectivity index (χ3n) is 1.11. The Balaban J connectivity index is 0.000000640. The molecule has 2 nitrogen and oxygen atoms in total. The SMILES string of the molecule is Cc1c[c-]nnc1C.[Y]. The summed E-state index contributed by atoms with van der Waals surface area (Å²) in [6.45, 7) is 3.91. The Kier molecular flexibility index (Phi) is 4.16. The van der Waals surface area contributed by atoms with Crippen LogP contribution in [0.1, 0.15) is 11.3 Å². The molecule has 45 valence electrons. The molecule has 0 aromatic carbocycles. The minimum Gasteiger partial charge on any atom is -0.268 e. The van der Waals surface area contributed by atoms with E-state index < -0.39 is 0 Å². The average molecular weight is 196 g/mol. The molecule has 0 saturated heterocycles. The number of aryl methyl sites for hydroxylation is 2. The largest absolute Gasteiger partial charge is 0.268 e. The van der Waals surface area contributed by atoms with Crippen LogP contribution in [0.3, 0.4) is 0 Å². The van der Waals surface area contributed by atoms with E-state index in [9.17, 15) is 0 Å². The predicted molar refractivity (Wildman–Crippen MR) is 30.3 cm³/mol. The van der Waals surface area contributed by atoms with E-state index in [1.54, 1.807) is 0 Å². The monoisotopic (exact) mass is 196 g/mol. The fourth-order valence-electron chi connectivity index (χ4n) is 0.413. The van der Waals surface area contributed by atoms with Gasteiger partial charge in [0, 0.05) is 32.7 Å². The van der Waals surface area contributed by atoms with E-state index >= 15 is 0 Å². The standard InChI is InChI=1S/C6H7N2.Y/c1-5-3-4-7-8-6(5)2;/h3H,1-2H3;/q-1;. The molecule has 0 amide bonds. The molecule has 0 fully saturated rings. The normalized spacial score (nSPS) is 8.22. The Morgan fingerprint density at radius 1 is 1.44 bits per heavy atom. The molecular formula is C6H7N2Y-. The number of aromatic nitrogens is 2. The summed E-state index contributed by atoms with van der Waals surface area (Å²) in [4.78, 5) is 0. The van der Waals surface area contributed by atoms with Crippen molar-refractivity contribution in [2.24, 2.45) is 0 Å². The van der Waals surface area contributed by atoms with E-state index in [0.29, 0.717) is 0 Å². The molecule has 0 aliphatic carbocycles. The van der Waals surface area contributed by atoms with Crippen molar-refractivity contribution in [3.05, 3.63) is 23.5 Å². The Morgan fingerprint density at radius 3 is 2.44 bits per heavy atom. The van der Waals surface area contributed by atoms with Crippen LogP contribution in [0.15, 0.2) is 6.07 Å². The number of nitrogens with zero attached hydrogens (tertiary/aromatic N) is 2. The van der Waals surface area contributed by atoms with Gasteiger partial charge < -0.3 is 0 Å². The van der Waals surface area contributed by atoms with Crippen LogP contribution in [0.4, 0.5) is 0 Å². The van der Waals surface area contributed by atoms with Gasteiger partial charge in [0.25, 0.3) is 0 Å². The van der Waals surface area contributed by atoms with Crippen molar-refractivity contribution in [1.29, 1.82) is 0 Å². The molecule has 0 atom stereocenters. The Morgan fingerprint density at radius 2 is 2.11 bits per heavy atom. The first-order valence-electron chi connectivity index (χ1n) is 2.47. The molecule has 0 unspecified atom stereocenters. The van der Waals surface area contributed by atoms with Crippen molar-refractivity contribution in [3.63, 3.8) is 0 Å². The first kappa shape index (κ1) is 9.18. The first-order chi connectivity index (χ1) is 3.80. The van der Waals surface area contributed by atoms with E-state index in [-0.39, 0.29) is 32.7 Å². The maximum atomic E-state index is 3.77. The van der Waals surface area contributed by atoms with E-state index in [1.807, 2.05) is 19.9 Å². The van der Waals surface area contributed by atoms with E-state index in [1.165, 1.54) is 0 Å². The van der Waals surface area contributed by atoms with E-state index in [2.05, 4.69) is 16.4 Å². The zero-order chi connectivity index (χ0) is 5.98. The smallest absolute Gasteiger partial charge is 0 e. The average Bonchev–Trinajstić information content (AvgIpc) is 1.77. The molecule has 9 heavy (non-hydrogen) atoms. The Bertz CT molecular complexity index is 167. The van der Waals surface area contributed by atoms with E-state index in [4.69, 9.17) is 0 Å². The van der Waals surface area contributed by atoms with Gasteiger partial charge in [-0.3, -0.25) is 5.10 Å². The molecule has 3 heteroatoms. The fourth-order valence-corrected chi connectivity index (χ4v) is 0.413. The molecule has 0 saturated carbocycles. The van der Waals surface area contributed by atoms with Gasteiger partial charge in [0.15, 0.2) is 0 Å².